The van der Waals surface area contributed by atoms with Gasteiger partial charge in [-0.25, -0.2) is 4.79 Å². The van der Waals surface area contributed by atoms with E-state index in [1.807, 2.05) is 0 Å². The van der Waals surface area contributed by atoms with Crippen molar-refractivity contribution in [2.24, 2.45) is 0 Å². The zero-order valence-electron chi connectivity index (χ0n) is 12.0. The van der Waals surface area contributed by atoms with Gasteiger partial charge in [0, 0.05) is 9.50 Å². The maximum absolute atomic E-state index is 12.2. The molecule has 0 radical (unpaired) electrons. The number of carboxylic acid groups (broad SMARTS) is 1. The van der Waals surface area contributed by atoms with Gasteiger partial charge in [-0.2, -0.15) is 0 Å². The van der Waals surface area contributed by atoms with E-state index in [-0.39, 0.29) is 11.3 Å². The number of amides is 1. The maximum atomic E-state index is 12.2. The van der Waals surface area contributed by atoms with E-state index in [1.165, 1.54) is 12.1 Å². The van der Waals surface area contributed by atoms with Crippen LogP contribution in [0.3, 0.4) is 0 Å². The summed E-state index contributed by atoms with van der Waals surface area (Å²) < 4.78 is 6.11. The van der Waals surface area contributed by atoms with Crippen LogP contribution in [0, 0.1) is 0 Å². The SMILES string of the molecule is C[C@H](Oc1cccc(Cl)c1)C(=O)Nc1ccc(Br)cc1C(=O)O. The average Bonchev–Trinajstić information content (AvgIpc) is 2.48. The molecule has 2 aromatic rings. The lowest BCUT2D eigenvalue weighted by molar-refractivity contribution is -0.122. The Kier molecular flexibility index (Phi) is 5.63. The van der Waals surface area contributed by atoms with Crippen molar-refractivity contribution in [3.8, 4) is 5.75 Å². The van der Waals surface area contributed by atoms with E-state index in [0.29, 0.717) is 15.2 Å². The molecule has 0 heterocycles. The van der Waals surface area contributed by atoms with Crippen molar-refractivity contribution < 1.29 is 19.4 Å². The monoisotopic (exact) mass is 397 g/mol. The van der Waals surface area contributed by atoms with E-state index in [4.69, 9.17) is 16.3 Å². The van der Waals surface area contributed by atoms with Gasteiger partial charge in [0.05, 0.1) is 11.3 Å². The summed E-state index contributed by atoms with van der Waals surface area (Å²) in [4.78, 5) is 23.4. The number of nitrogens with one attached hydrogen (secondary N) is 1. The molecular weight excluding hydrogens is 386 g/mol. The Morgan fingerprint density at radius 2 is 2.00 bits per heavy atom. The van der Waals surface area contributed by atoms with Crippen LogP contribution in [-0.4, -0.2) is 23.1 Å². The van der Waals surface area contributed by atoms with Crippen molar-refractivity contribution in [3.05, 3.63) is 57.5 Å². The fourth-order valence-corrected chi connectivity index (χ4v) is 2.38. The summed E-state index contributed by atoms with van der Waals surface area (Å²) in [6.45, 7) is 1.57. The van der Waals surface area contributed by atoms with Gasteiger partial charge in [-0.3, -0.25) is 4.79 Å². The molecule has 1 atom stereocenters. The predicted octanol–water partition coefficient (Wildman–Crippen LogP) is 4.21. The molecule has 2 N–H and O–H groups in total. The molecule has 2 rings (SSSR count). The molecule has 0 aromatic heterocycles. The van der Waals surface area contributed by atoms with E-state index in [2.05, 4.69) is 21.2 Å². The number of carbonyl (C=O) groups excluding carboxylic acids is 1. The zero-order valence-corrected chi connectivity index (χ0v) is 14.4. The Hall–Kier alpha value is -2.05. The molecule has 1 amide bonds. The third kappa shape index (κ3) is 4.71. The molecule has 0 fully saturated rings. The molecule has 0 aliphatic carbocycles. The Morgan fingerprint density at radius 1 is 1.26 bits per heavy atom. The molecule has 0 aliphatic rings. The zero-order chi connectivity index (χ0) is 17.0. The van der Waals surface area contributed by atoms with Gasteiger partial charge in [-0.1, -0.05) is 33.6 Å². The van der Waals surface area contributed by atoms with Crippen LogP contribution in [0.5, 0.6) is 5.75 Å². The first kappa shape index (κ1) is 17.3. The van der Waals surface area contributed by atoms with E-state index in [0.717, 1.165) is 0 Å². The number of rotatable bonds is 5. The van der Waals surface area contributed by atoms with E-state index < -0.39 is 18.0 Å². The van der Waals surface area contributed by atoms with Crippen molar-refractivity contribution >= 4 is 45.1 Å². The molecule has 7 heteroatoms. The molecule has 0 bridgehead atoms. The number of carbonyl (C=O) groups is 2. The van der Waals surface area contributed by atoms with Crippen molar-refractivity contribution in [2.75, 3.05) is 5.32 Å². The van der Waals surface area contributed by atoms with E-state index in [1.54, 1.807) is 37.3 Å². The van der Waals surface area contributed by atoms with E-state index in [9.17, 15) is 14.7 Å². The first-order chi connectivity index (χ1) is 10.9. The minimum absolute atomic E-state index is 0.0114. The highest BCUT2D eigenvalue weighted by Crippen LogP contribution is 2.22. The number of halogens is 2. The summed E-state index contributed by atoms with van der Waals surface area (Å²) in [5.41, 5.74) is 0.190. The predicted molar refractivity (Wildman–Crippen MR) is 91.3 cm³/mol. The fourth-order valence-electron chi connectivity index (χ4n) is 1.83. The lowest BCUT2D eigenvalue weighted by Crippen LogP contribution is -2.30. The largest absolute Gasteiger partial charge is 0.481 e. The van der Waals surface area contributed by atoms with Crippen molar-refractivity contribution in [3.63, 3.8) is 0 Å². The van der Waals surface area contributed by atoms with Gasteiger partial charge >= 0.3 is 5.97 Å². The van der Waals surface area contributed by atoms with Gasteiger partial charge in [0.15, 0.2) is 6.10 Å². The summed E-state index contributed by atoms with van der Waals surface area (Å²) in [7, 11) is 0. The normalized spacial score (nSPS) is 11.6. The lowest BCUT2D eigenvalue weighted by atomic mass is 10.1. The Morgan fingerprint density at radius 3 is 2.65 bits per heavy atom. The minimum atomic E-state index is -1.13. The second-order valence-corrected chi connectivity index (χ2v) is 6.05. The topological polar surface area (TPSA) is 75.6 Å². The van der Waals surface area contributed by atoms with E-state index >= 15 is 0 Å². The summed E-state index contributed by atoms with van der Waals surface area (Å²) in [6.07, 6.45) is -0.821. The molecule has 0 saturated carbocycles. The van der Waals surface area contributed by atoms with Crippen molar-refractivity contribution in [1.82, 2.24) is 0 Å². The molecule has 2 aromatic carbocycles. The molecule has 23 heavy (non-hydrogen) atoms. The van der Waals surface area contributed by atoms with Gasteiger partial charge in [-0.05, 0) is 43.3 Å². The highest BCUT2D eigenvalue weighted by molar-refractivity contribution is 9.10. The molecule has 120 valence electrons. The number of aromatic carboxylic acids is 1. The number of hydrogen-bond acceptors (Lipinski definition) is 3. The van der Waals surface area contributed by atoms with Gasteiger partial charge in [-0.15, -0.1) is 0 Å². The maximum Gasteiger partial charge on any atom is 0.337 e. The van der Waals surface area contributed by atoms with Gasteiger partial charge in [0.2, 0.25) is 0 Å². The van der Waals surface area contributed by atoms with Crippen LogP contribution in [0.15, 0.2) is 46.9 Å². The molecule has 0 saturated heterocycles. The molecule has 0 aliphatic heterocycles. The summed E-state index contributed by atoms with van der Waals surface area (Å²) in [5, 5.41) is 12.2. The molecular formula is C16H13BrClNO4. The number of benzene rings is 2. The van der Waals surface area contributed by atoms with Gasteiger partial charge in [0.25, 0.3) is 5.91 Å². The van der Waals surface area contributed by atoms with Crippen molar-refractivity contribution in [1.29, 1.82) is 0 Å². The summed E-state index contributed by atoms with van der Waals surface area (Å²) in [5.74, 6) is -1.14. The van der Waals surface area contributed by atoms with Gasteiger partial charge in [0.1, 0.15) is 5.75 Å². The fraction of sp³-hybridized carbons (Fsp3) is 0.125. The lowest BCUT2D eigenvalue weighted by Gasteiger charge is -2.16. The molecule has 0 unspecified atom stereocenters. The van der Waals surface area contributed by atoms with Gasteiger partial charge < -0.3 is 15.2 Å². The highest BCUT2D eigenvalue weighted by atomic mass is 79.9. The third-order valence-corrected chi connectivity index (χ3v) is 3.68. The number of anilines is 1. The van der Waals surface area contributed by atoms with Crippen LogP contribution < -0.4 is 10.1 Å². The Labute approximate surface area is 146 Å². The first-order valence-corrected chi connectivity index (χ1v) is 7.80. The van der Waals surface area contributed by atoms with Crippen LogP contribution >= 0.6 is 27.5 Å². The highest BCUT2D eigenvalue weighted by Gasteiger charge is 2.18. The van der Waals surface area contributed by atoms with Crippen LogP contribution in [-0.2, 0) is 4.79 Å². The van der Waals surface area contributed by atoms with Crippen LogP contribution in [0.1, 0.15) is 17.3 Å². The number of ether oxygens (including phenoxy) is 1. The van der Waals surface area contributed by atoms with Crippen molar-refractivity contribution in [2.45, 2.75) is 13.0 Å². The Balaban J connectivity index is 2.11. The third-order valence-electron chi connectivity index (χ3n) is 2.95. The molecule has 0 spiro atoms. The first-order valence-electron chi connectivity index (χ1n) is 6.63. The smallest absolute Gasteiger partial charge is 0.337 e. The number of carboxylic acids is 1. The van der Waals surface area contributed by atoms with Crippen LogP contribution in [0.25, 0.3) is 0 Å². The molecule has 5 nitrogen and oxygen atoms in total. The summed E-state index contributed by atoms with van der Waals surface area (Å²) in [6, 6.07) is 11.2. The van der Waals surface area contributed by atoms with Crippen LogP contribution in [0.4, 0.5) is 5.69 Å². The standard InChI is InChI=1S/C16H13BrClNO4/c1-9(23-12-4-2-3-11(18)8-12)15(20)19-14-6-5-10(17)7-13(14)16(21)22/h2-9H,1H3,(H,19,20)(H,21,22)/t9-/m0/s1. The summed E-state index contributed by atoms with van der Waals surface area (Å²) >= 11 is 9.06. The average molecular weight is 399 g/mol. The second kappa shape index (κ2) is 7.48. The Bertz CT molecular complexity index is 751. The minimum Gasteiger partial charge on any atom is -0.481 e. The number of hydrogen-bond donors (Lipinski definition) is 2. The second-order valence-electron chi connectivity index (χ2n) is 4.70. The van der Waals surface area contributed by atoms with Crippen LogP contribution in [0.2, 0.25) is 5.02 Å². The quantitative estimate of drug-likeness (QED) is 0.791.